The zero-order valence-electron chi connectivity index (χ0n) is 13.9. The quantitative estimate of drug-likeness (QED) is 0.868. The standard InChI is InChI=1S/C19H19N3O2S/c1-13-7-9-15(10-8-13)21-17(23)11-16-18(24)22-19(25-16)20-12-14-5-3-2-4-6-14/h2-10,16H,11-12H2,1H3,(H,21,23)(H,20,22,24). The molecule has 1 fully saturated rings. The molecule has 1 aliphatic heterocycles. The number of anilines is 1. The highest BCUT2D eigenvalue weighted by atomic mass is 32.2. The van der Waals surface area contributed by atoms with Gasteiger partial charge in [0.15, 0.2) is 5.17 Å². The number of amides is 2. The van der Waals surface area contributed by atoms with Crippen LogP contribution >= 0.6 is 11.8 Å². The number of hydrogen-bond donors (Lipinski definition) is 2. The first-order chi connectivity index (χ1) is 12.1. The second-order valence-corrected chi connectivity index (χ2v) is 7.01. The maximum absolute atomic E-state index is 12.1. The van der Waals surface area contributed by atoms with Crippen molar-refractivity contribution in [1.29, 1.82) is 0 Å². The zero-order valence-corrected chi connectivity index (χ0v) is 14.7. The van der Waals surface area contributed by atoms with E-state index in [1.54, 1.807) is 0 Å². The first-order valence-electron chi connectivity index (χ1n) is 8.02. The van der Waals surface area contributed by atoms with Crippen molar-refractivity contribution < 1.29 is 9.59 Å². The van der Waals surface area contributed by atoms with Crippen LogP contribution in [-0.4, -0.2) is 22.2 Å². The number of carbonyl (C=O) groups is 2. The fraction of sp³-hybridized carbons (Fsp3) is 0.211. The SMILES string of the molecule is Cc1ccc(NC(=O)CC2SC(=NCc3ccccc3)NC2=O)cc1. The van der Waals surface area contributed by atoms with E-state index in [2.05, 4.69) is 15.6 Å². The molecule has 5 nitrogen and oxygen atoms in total. The van der Waals surface area contributed by atoms with Crippen molar-refractivity contribution >= 4 is 34.4 Å². The lowest BCUT2D eigenvalue weighted by Gasteiger charge is -2.07. The molecular weight excluding hydrogens is 334 g/mol. The minimum absolute atomic E-state index is 0.120. The number of thioether (sulfide) groups is 1. The Labute approximate surface area is 150 Å². The summed E-state index contributed by atoms with van der Waals surface area (Å²) in [6.07, 6.45) is 0.120. The molecule has 128 valence electrons. The fourth-order valence-electron chi connectivity index (χ4n) is 2.38. The molecule has 0 spiro atoms. The normalized spacial score (nSPS) is 18.2. The van der Waals surface area contributed by atoms with Crippen LogP contribution in [0.25, 0.3) is 0 Å². The Morgan fingerprint density at radius 1 is 1.16 bits per heavy atom. The van der Waals surface area contributed by atoms with Crippen molar-refractivity contribution in [3.63, 3.8) is 0 Å². The monoisotopic (exact) mass is 353 g/mol. The van der Waals surface area contributed by atoms with Gasteiger partial charge in [0.2, 0.25) is 11.8 Å². The molecule has 0 bridgehead atoms. The second-order valence-electron chi connectivity index (χ2n) is 5.82. The number of benzene rings is 2. The average Bonchev–Trinajstić information content (AvgIpc) is 2.96. The van der Waals surface area contributed by atoms with E-state index in [-0.39, 0.29) is 18.2 Å². The Bertz CT molecular complexity index is 788. The van der Waals surface area contributed by atoms with Gasteiger partial charge >= 0.3 is 0 Å². The van der Waals surface area contributed by atoms with Gasteiger partial charge in [-0.25, -0.2) is 0 Å². The highest BCUT2D eigenvalue weighted by molar-refractivity contribution is 8.15. The van der Waals surface area contributed by atoms with Gasteiger partial charge in [-0.2, -0.15) is 0 Å². The highest BCUT2D eigenvalue weighted by Gasteiger charge is 2.31. The first kappa shape index (κ1) is 17.2. The Kier molecular flexibility index (Phi) is 5.50. The van der Waals surface area contributed by atoms with Gasteiger partial charge in [-0.3, -0.25) is 14.6 Å². The number of nitrogens with zero attached hydrogens (tertiary/aromatic N) is 1. The van der Waals surface area contributed by atoms with Gasteiger partial charge < -0.3 is 10.6 Å². The molecule has 3 rings (SSSR count). The third kappa shape index (κ3) is 4.93. The third-order valence-electron chi connectivity index (χ3n) is 3.73. The minimum Gasteiger partial charge on any atom is -0.326 e. The fourth-order valence-corrected chi connectivity index (χ4v) is 3.35. The number of rotatable bonds is 5. The summed E-state index contributed by atoms with van der Waals surface area (Å²) in [4.78, 5) is 28.6. The zero-order chi connectivity index (χ0) is 17.6. The van der Waals surface area contributed by atoms with Gasteiger partial charge in [-0.05, 0) is 24.6 Å². The molecular formula is C19H19N3O2S. The molecule has 25 heavy (non-hydrogen) atoms. The molecule has 1 unspecified atom stereocenters. The van der Waals surface area contributed by atoms with Crippen LogP contribution in [0.3, 0.4) is 0 Å². The van der Waals surface area contributed by atoms with Crippen LogP contribution in [0.1, 0.15) is 17.5 Å². The molecule has 1 saturated heterocycles. The minimum atomic E-state index is -0.444. The van der Waals surface area contributed by atoms with Gasteiger partial charge in [0.1, 0.15) is 5.25 Å². The van der Waals surface area contributed by atoms with E-state index < -0.39 is 5.25 Å². The van der Waals surface area contributed by atoms with Crippen LogP contribution in [0.2, 0.25) is 0 Å². The predicted octanol–water partition coefficient (Wildman–Crippen LogP) is 3.11. The molecule has 2 aromatic carbocycles. The summed E-state index contributed by atoms with van der Waals surface area (Å²) in [5, 5.41) is 5.69. The highest BCUT2D eigenvalue weighted by Crippen LogP contribution is 2.23. The van der Waals surface area contributed by atoms with E-state index in [1.165, 1.54) is 11.8 Å². The summed E-state index contributed by atoms with van der Waals surface area (Å²) in [7, 11) is 0. The Morgan fingerprint density at radius 3 is 2.60 bits per heavy atom. The average molecular weight is 353 g/mol. The summed E-state index contributed by atoms with van der Waals surface area (Å²) < 4.78 is 0. The molecule has 0 aromatic heterocycles. The Morgan fingerprint density at radius 2 is 1.88 bits per heavy atom. The van der Waals surface area contributed by atoms with Gasteiger partial charge in [-0.1, -0.05) is 59.8 Å². The molecule has 6 heteroatoms. The summed E-state index contributed by atoms with van der Waals surface area (Å²) in [6, 6.07) is 17.4. The molecule has 1 atom stereocenters. The van der Waals surface area contributed by atoms with Crippen LogP contribution in [-0.2, 0) is 16.1 Å². The number of aliphatic imine (C=N–C) groups is 1. The smallest absolute Gasteiger partial charge is 0.240 e. The van der Waals surface area contributed by atoms with Crippen LogP contribution in [0.15, 0.2) is 59.6 Å². The molecule has 0 aliphatic carbocycles. The van der Waals surface area contributed by atoms with E-state index in [0.29, 0.717) is 11.7 Å². The van der Waals surface area contributed by atoms with E-state index >= 15 is 0 Å². The Balaban J connectivity index is 1.53. The van der Waals surface area contributed by atoms with Crippen molar-refractivity contribution in [3.8, 4) is 0 Å². The van der Waals surface area contributed by atoms with Crippen molar-refractivity contribution in [2.24, 2.45) is 4.99 Å². The van der Waals surface area contributed by atoms with Crippen LogP contribution in [0, 0.1) is 6.92 Å². The predicted molar refractivity (Wildman–Crippen MR) is 102 cm³/mol. The third-order valence-corrected chi connectivity index (χ3v) is 4.85. The molecule has 1 aliphatic rings. The van der Waals surface area contributed by atoms with Gasteiger partial charge in [0, 0.05) is 12.1 Å². The topological polar surface area (TPSA) is 70.6 Å². The Hall–Kier alpha value is -2.60. The summed E-state index contributed by atoms with van der Waals surface area (Å²) in [5.41, 5.74) is 2.94. The number of carbonyl (C=O) groups excluding carboxylic acids is 2. The van der Waals surface area contributed by atoms with Crippen LogP contribution in [0.5, 0.6) is 0 Å². The second kappa shape index (κ2) is 7.98. The molecule has 0 radical (unpaired) electrons. The lowest BCUT2D eigenvalue weighted by Crippen LogP contribution is -2.28. The van der Waals surface area contributed by atoms with Gasteiger partial charge in [-0.15, -0.1) is 0 Å². The maximum Gasteiger partial charge on any atom is 0.240 e. The summed E-state index contributed by atoms with van der Waals surface area (Å²) in [5.74, 6) is -0.350. The van der Waals surface area contributed by atoms with E-state index in [4.69, 9.17) is 0 Å². The number of nitrogens with one attached hydrogen (secondary N) is 2. The van der Waals surface area contributed by atoms with Crippen LogP contribution < -0.4 is 10.6 Å². The van der Waals surface area contributed by atoms with Crippen molar-refractivity contribution in [2.45, 2.75) is 25.1 Å². The van der Waals surface area contributed by atoms with E-state index in [9.17, 15) is 9.59 Å². The lowest BCUT2D eigenvalue weighted by molar-refractivity contribution is -0.122. The molecule has 1 heterocycles. The van der Waals surface area contributed by atoms with E-state index in [0.717, 1.165) is 16.8 Å². The number of aryl methyl sites for hydroxylation is 1. The van der Waals surface area contributed by atoms with Crippen molar-refractivity contribution in [3.05, 3.63) is 65.7 Å². The van der Waals surface area contributed by atoms with Gasteiger partial charge in [0.05, 0.1) is 6.54 Å². The van der Waals surface area contributed by atoms with Crippen LogP contribution in [0.4, 0.5) is 5.69 Å². The maximum atomic E-state index is 12.1. The number of amidine groups is 1. The summed E-state index contributed by atoms with van der Waals surface area (Å²) in [6.45, 7) is 2.49. The van der Waals surface area contributed by atoms with E-state index in [1.807, 2.05) is 61.5 Å². The molecule has 2 N–H and O–H groups in total. The van der Waals surface area contributed by atoms with Crippen molar-refractivity contribution in [1.82, 2.24) is 5.32 Å². The lowest BCUT2D eigenvalue weighted by atomic mass is 10.2. The molecule has 2 aromatic rings. The number of hydrogen-bond acceptors (Lipinski definition) is 4. The molecule has 2 amide bonds. The summed E-state index contributed by atoms with van der Waals surface area (Å²) >= 11 is 1.31. The first-order valence-corrected chi connectivity index (χ1v) is 8.90. The van der Waals surface area contributed by atoms with Crippen molar-refractivity contribution in [2.75, 3.05) is 5.32 Å². The van der Waals surface area contributed by atoms with Gasteiger partial charge in [0.25, 0.3) is 0 Å². The molecule has 0 saturated carbocycles. The largest absolute Gasteiger partial charge is 0.326 e.